The van der Waals surface area contributed by atoms with Crippen molar-refractivity contribution in [2.75, 3.05) is 0 Å². The SMILES string of the molecule is C=C[C@@H](C)N1C(=O)S/C(=C\c2cc(C)n(-c3ccccc3CC)c2C)C1=O. The van der Waals surface area contributed by atoms with E-state index in [9.17, 15) is 9.59 Å². The van der Waals surface area contributed by atoms with E-state index < -0.39 is 0 Å². The highest BCUT2D eigenvalue weighted by Crippen LogP contribution is 2.35. The van der Waals surface area contributed by atoms with Crippen molar-refractivity contribution in [3.63, 3.8) is 0 Å². The molecule has 1 fully saturated rings. The number of carbonyl (C=O) groups excluding carboxylic acids is 2. The second kappa shape index (κ2) is 7.61. The van der Waals surface area contributed by atoms with Crippen LogP contribution in [0.3, 0.4) is 0 Å². The zero-order valence-corrected chi connectivity index (χ0v) is 17.0. The molecular weight excluding hydrogens is 356 g/mol. The highest BCUT2D eigenvalue weighted by atomic mass is 32.2. The molecule has 0 saturated carbocycles. The minimum atomic E-state index is -0.313. The first kappa shape index (κ1) is 19.2. The number of carbonyl (C=O) groups is 2. The number of amides is 2. The molecule has 0 aliphatic carbocycles. The summed E-state index contributed by atoms with van der Waals surface area (Å²) in [5, 5.41) is -0.246. The second-order valence-corrected chi connectivity index (χ2v) is 7.67. The molecule has 1 aliphatic heterocycles. The molecule has 0 N–H and O–H groups in total. The molecule has 1 aromatic carbocycles. The molecule has 0 bridgehead atoms. The molecule has 1 atom stereocenters. The quantitative estimate of drug-likeness (QED) is 0.524. The van der Waals surface area contributed by atoms with Crippen molar-refractivity contribution >= 4 is 29.0 Å². The van der Waals surface area contributed by atoms with Gasteiger partial charge in [0.1, 0.15) is 0 Å². The fraction of sp³-hybridized carbons (Fsp3) is 0.273. The number of hydrogen-bond donors (Lipinski definition) is 0. The van der Waals surface area contributed by atoms with Crippen LogP contribution in [0.15, 0.2) is 47.9 Å². The van der Waals surface area contributed by atoms with Crippen molar-refractivity contribution in [2.45, 2.75) is 40.2 Å². The highest BCUT2D eigenvalue weighted by molar-refractivity contribution is 8.18. The number of nitrogens with zero attached hydrogens (tertiary/aromatic N) is 2. The molecule has 2 amide bonds. The summed E-state index contributed by atoms with van der Waals surface area (Å²) in [6.45, 7) is 11.7. The van der Waals surface area contributed by atoms with Crippen LogP contribution in [-0.4, -0.2) is 26.7 Å². The largest absolute Gasteiger partial charge is 0.318 e. The first-order valence-corrected chi connectivity index (χ1v) is 9.87. The maximum atomic E-state index is 12.7. The Bertz CT molecular complexity index is 955. The third-order valence-corrected chi connectivity index (χ3v) is 5.83. The van der Waals surface area contributed by atoms with Gasteiger partial charge in [-0.05, 0) is 68.3 Å². The zero-order valence-electron chi connectivity index (χ0n) is 16.2. The van der Waals surface area contributed by atoms with Crippen LogP contribution in [0.25, 0.3) is 11.8 Å². The topological polar surface area (TPSA) is 42.3 Å². The van der Waals surface area contributed by atoms with E-state index in [2.05, 4.69) is 43.2 Å². The molecule has 27 heavy (non-hydrogen) atoms. The summed E-state index contributed by atoms with van der Waals surface area (Å²) in [6, 6.07) is 10.1. The normalized spacial score (nSPS) is 17.0. The Morgan fingerprint density at radius 2 is 1.93 bits per heavy atom. The van der Waals surface area contributed by atoms with Gasteiger partial charge in [0.25, 0.3) is 11.1 Å². The number of aryl methyl sites for hydroxylation is 2. The van der Waals surface area contributed by atoms with Crippen LogP contribution in [0.4, 0.5) is 4.79 Å². The van der Waals surface area contributed by atoms with E-state index in [0.717, 1.165) is 40.8 Å². The third kappa shape index (κ3) is 3.39. The maximum Gasteiger partial charge on any atom is 0.294 e. The Morgan fingerprint density at radius 3 is 2.59 bits per heavy atom. The lowest BCUT2D eigenvalue weighted by Gasteiger charge is -2.17. The van der Waals surface area contributed by atoms with Gasteiger partial charge in [-0.1, -0.05) is 31.2 Å². The Labute approximate surface area is 164 Å². The van der Waals surface area contributed by atoms with Gasteiger partial charge in [0.15, 0.2) is 0 Å². The van der Waals surface area contributed by atoms with Crippen molar-refractivity contribution in [3.8, 4) is 5.69 Å². The van der Waals surface area contributed by atoms with Gasteiger partial charge in [-0.3, -0.25) is 14.5 Å². The molecule has 1 aliphatic rings. The molecular formula is C22H24N2O2S. The Balaban J connectivity index is 2.03. The van der Waals surface area contributed by atoms with Crippen molar-refractivity contribution < 1.29 is 9.59 Å². The number of para-hydroxylation sites is 1. The summed E-state index contributed by atoms with van der Waals surface area (Å²) in [5.74, 6) is -0.254. The molecule has 1 aromatic heterocycles. The molecule has 2 heterocycles. The number of benzene rings is 1. The van der Waals surface area contributed by atoms with Gasteiger partial charge in [-0.15, -0.1) is 6.58 Å². The van der Waals surface area contributed by atoms with Crippen LogP contribution in [0, 0.1) is 13.8 Å². The highest BCUT2D eigenvalue weighted by Gasteiger charge is 2.37. The minimum Gasteiger partial charge on any atom is -0.318 e. The van der Waals surface area contributed by atoms with Gasteiger partial charge in [0.05, 0.1) is 10.9 Å². The predicted molar refractivity (Wildman–Crippen MR) is 112 cm³/mol. The number of aromatic nitrogens is 1. The van der Waals surface area contributed by atoms with Crippen molar-refractivity contribution in [1.82, 2.24) is 9.47 Å². The second-order valence-electron chi connectivity index (χ2n) is 6.67. The van der Waals surface area contributed by atoms with Crippen LogP contribution in [0.5, 0.6) is 0 Å². The lowest BCUT2D eigenvalue weighted by Crippen LogP contribution is -2.35. The minimum absolute atomic E-state index is 0.246. The monoisotopic (exact) mass is 380 g/mol. The van der Waals surface area contributed by atoms with E-state index in [1.165, 1.54) is 10.5 Å². The summed E-state index contributed by atoms with van der Waals surface area (Å²) in [4.78, 5) is 26.6. The molecule has 4 nitrogen and oxygen atoms in total. The lowest BCUT2D eigenvalue weighted by atomic mass is 10.1. The van der Waals surface area contributed by atoms with Crippen molar-refractivity contribution in [2.24, 2.45) is 0 Å². The molecule has 1 saturated heterocycles. The van der Waals surface area contributed by atoms with Gasteiger partial charge in [0.2, 0.25) is 0 Å². The van der Waals surface area contributed by atoms with Crippen LogP contribution in [-0.2, 0) is 11.2 Å². The van der Waals surface area contributed by atoms with Gasteiger partial charge >= 0.3 is 0 Å². The fourth-order valence-corrected chi connectivity index (χ4v) is 4.32. The van der Waals surface area contributed by atoms with Gasteiger partial charge in [-0.2, -0.15) is 0 Å². The molecule has 2 aromatic rings. The molecule has 0 unspecified atom stereocenters. The van der Waals surface area contributed by atoms with Crippen molar-refractivity contribution in [1.29, 1.82) is 0 Å². The summed E-state index contributed by atoms with van der Waals surface area (Å²) in [5.41, 5.74) is 5.53. The lowest BCUT2D eigenvalue weighted by molar-refractivity contribution is -0.123. The van der Waals surface area contributed by atoms with E-state index >= 15 is 0 Å². The van der Waals surface area contributed by atoms with E-state index in [-0.39, 0.29) is 17.2 Å². The molecule has 5 heteroatoms. The smallest absolute Gasteiger partial charge is 0.294 e. The van der Waals surface area contributed by atoms with Crippen LogP contribution in [0.1, 0.15) is 36.4 Å². The van der Waals surface area contributed by atoms with E-state index in [0.29, 0.717) is 4.91 Å². The summed E-state index contributed by atoms with van der Waals surface area (Å²) in [6.07, 6.45) is 4.38. The van der Waals surface area contributed by atoms with Gasteiger partial charge in [-0.25, -0.2) is 0 Å². The maximum absolute atomic E-state index is 12.7. The summed E-state index contributed by atoms with van der Waals surface area (Å²) in [7, 11) is 0. The van der Waals surface area contributed by atoms with E-state index in [1.807, 2.05) is 25.1 Å². The number of hydrogen-bond acceptors (Lipinski definition) is 3. The summed E-state index contributed by atoms with van der Waals surface area (Å²) < 4.78 is 2.21. The van der Waals surface area contributed by atoms with E-state index in [1.54, 1.807) is 13.0 Å². The van der Waals surface area contributed by atoms with Crippen molar-refractivity contribution in [3.05, 3.63) is 70.4 Å². The van der Waals surface area contributed by atoms with Crippen LogP contribution < -0.4 is 0 Å². The average Bonchev–Trinajstić information content (AvgIpc) is 3.09. The first-order chi connectivity index (χ1) is 12.9. The van der Waals surface area contributed by atoms with Gasteiger partial charge < -0.3 is 4.57 Å². The Hall–Kier alpha value is -2.53. The Morgan fingerprint density at radius 1 is 1.22 bits per heavy atom. The average molecular weight is 381 g/mol. The number of rotatable bonds is 5. The third-order valence-electron chi connectivity index (χ3n) is 4.94. The number of thioether (sulfide) groups is 1. The van der Waals surface area contributed by atoms with E-state index in [4.69, 9.17) is 0 Å². The first-order valence-electron chi connectivity index (χ1n) is 9.05. The van der Waals surface area contributed by atoms with Gasteiger partial charge in [0, 0.05) is 17.1 Å². The standard InChI is InChI=1S/C22H24N2O2S/c1-6-14(3)24-21(25)20(27-22(24)26)13-18-12-15(4)23(16(18)5)19-11-9-8-10-17(19)7-2/h6,8-14H,1,7H2,2-5H3/b20-13-/t14-/m1/s1. The number of imide groups is 1. The zero-order chi connectivity index (χ0) is 19.7. The van der Waals surface area contributed by atoms with Crippen LogP contribution >= 0.6 is 11.8 Å². The molecule has 0 spiro atoms. The predicted octanol–water partition coefficient (Wildman–Crippen LogP) is 5.27. The fourth-order valence-electron chi connectivity index (χ4n) is 3.41. The van der Waals surface area contributed by atoms with Crippen LogP contribution in [0.2, 0.25) is 0 Å². The molecule has 140 valence electrons. The molecule has 0 radical (unpaired) electrons. The molecule has 3 rings (SSSR count). The summed E-state index contributed by atoms with van der Waals surface area (Å²) >= 11 is 0.989. The Kier molecular flexibility index (Phi) is 5.42.